The summed E-state index contributed by atoms with van der Waals surface area (Å²) in [6, 6.07) is 0. The number of rotatable bonds is 5. The van der Waals surface area contributed by atoms with Crippen LogP contribution >= 0.6 is 0 Å². The van der Waals surface area contributed by atoms with E-state index in [-0.39, 0.29) is 6.61 Å². The predicted octanol–water partition coefficient (Wildman–Crippen LogP) is -0.818. The molecule has 0 aliphatic carbocycles. The summed E-state index contributed by atoms with van der Waals surface area (Å²) < 4.78 is 0. The second-order valence-electron chi connectivity index (χ2n) is 2.89. The average molecular weight is 206 g/mol. The van der Waals surface area contributed by atoms with Crippen LogP contribution in [0.25, 0.3) is 0 Å². The first kappa shape index (κ1) is 13.0. The van der Waals surface area contributed by atoms with Gasteiger partial charge in [-0.25, -0.2) is 4.79 Å². The molecule has 0 rings (SSSR count). The Morgan fingerprint density at radius 2 is 2.00 bits per heavy atom. The second kappa shape index (κ2) is 5.04. The fourth-order valence-corrected chi connectivity index (χ4v) is 0.701. The van der Waals surface area contributed by atoms with Crippen LogP contribution in [0, 0.1) is 0 Å². The summed E-state index contributed by atoms with van der Waals surface area (Å²) in [5.41, 5.74) is -2.39. The largest absolute Gasteiger partial charge is 0.385 e. The fourth-order valence-electron chi connectivity index (χ4n) is 0.701. The molecule has 6 heteroatoms. The molecular weight excluding hydrogens is 192 g/mol. The molecule has 0 bridgehead atoms. The Hall–Kier alpha value is -0.980. The van der Waals surface area contributed by atoms with E-state index in [2.05, 4.69) is 9.78 Å². The van der Waals surface area contributed by atoms with Crippen molar-refractivity contribution >= 4 is 11.8 Å². The maximum absolute atomic E-state index is 11.1. The highest BCUT2D eigenvalue weighted by atomic mass is 17.2. The topological polar surface area (TPSA) is 93.1 Å². The Labute approximate surface area is 81.4 Å². The quantitative estimate of drug-likeness (QED) is 0.347. The molecule has 0 aromatic carbocycles. The third-order valence-electron chi connectivity index (χ3n) is 1.51. The number of ketones is 1. The molecule has 0 amide bonds. The summed E-state index contributed by atoms with van der Waals surface area (Å²) in [6.45, 7) is 3.75. The van der Waals surface area contributed by atoms with Crippen LogP contribution in [0.1, 0.15) is 20.8 Å². The summed E-state index contributed by atoms with van der Waals surface area (Å²) in [6.07, 6.45) is -1.45. The van der Waals surface area contributed by atoms with Crippen molar-refractivity contribution in [2.45, 2.75) is 32.5 Å². The summed E-state index contributed by atoms with van der Waals surface area (Å²) in [4.78, 5) is 30.5. The van der Waals surface area contributed by atoms with Crippen LogP contribution in [0.15, 0.2) is 0 Å². The van der Waals surface area contributed by atoms with Crippen LogP contribution in [0.5, 0.6) is 0 Å². The first-order valence-corrected chi connectivity index (χ1v) is 4.12. The van der Waals surface area contributed by atoms with Gasteiger partial charge in [-0.05, 0) is 20.8 Å². The second-order valence-corrected chi connectivity index (χ2v) is 2.89. The first-order chi connectivity index (χ1) is 6.34. The smallest absolute Gasteiger partial charge is 0.381 e. The number of Topliss-reactive ketones (excluding diaryl/α,β-unsaturated/α-hetero) is 1. The molecule has 0 heterocycles. The molecule has 14 heavy (non-hydrogen) atoms. The molecule has 2 unspecified atom stereocenters. The van der Waals surface area contributed by atoms with Gasteiger partial charge in [0.05, 0.1) is 6.61 Å². The van der Waals surface area contributed by atoms with Gasteiger partial charge in [-0.3, -0.25) is 9.68 Å². The molecule has 0 spiro atoms. The van der Waals surface area contributed by atoms with Crippen LogP contribution in [0.4, 0.5) is 0 Å². The van der Waals surface area contributed by atoms with Gasteiger partial charge in [0.15, 0.2) is 0 Å². The zero-order chi connectivity index (χ0) is 11.4. The van der Waals surface area contributed by atoms with Crippen LogP contribution in [-0.2, 0) is 19.4 Å². The SMILES string of the molecule is CCOOC(=O)C(C)(O)C(=O)C(C)O. The number of aliphatic hydroxyl groups excluding tert-OH is 1. The van der Waals surface area contributed by atoms with Gasteiger partial charge in [-0.1, -0.05) is 0 Å². The minimum Gasteiger partial charge on any atom is -0.385 e. The molecule has 0 radical (unpaired) electrons. The number of carbonyl (C=O) groups excluding carboxylic acids is 2. The number of hydrogen-bond acceptors (Lipinski definition) is 6. The molecule has 82 valence electrons. The van der Waals surface area contributed by atoms with Crippen molar-refractivity contribution in [2.75, 3.05) is 6.61 Å². The Kier molecular flexibility index (Phi) is 4.69. The maximum atomic E-state index is 11.1. The molecular formula is C8H14O6. The minimum absolute atomic E-state index is 0.102. The molecule has 0 saturated heterocycles. The standard InChI is InChI=1S/C8H14O6/c1-4-13-14-7(11)8(3,12)6(10)5(2)9/h5,9,12H,4H2,1-3H3. The van der Waals surface area contributed by atoms with Gasteiger partial charge in [-0.2, -0.15) is 4.89 Å². The van der Waals surface area contributed by atoms with Gasteiger partial charge in [0, 0.05) is 0 Å². The monoisotopic (exact) mass is 206 g/mol. The Morgan fingerprint density at radius 1 is 1.50 bits per heavy atom. The molecule has 0 aromatic rings. The van der Waals surface area contributed by atoms with E-state index in [4.69, 9.17) is 5.11 Å². The molecule has 0 saturated carbocycles. The third-order valence-corrected chi connectivity index (χ3v) is 1.51. The van der Waals surface area contributed by atoms with E-state index in [9.17, 15) is 14.7 Å². The van der Waals surface area contributed by atoms with Gasteiger partial charge < -0.3 is 10.2 Å². The Bertz CT molecular complexity index is 220. The van der Waals surface area contributed by atoms with E-state index in [1.807, 2.05) is 0 Å². The minimum atomic E-state index is -2.39. The average Bonchev–Trinajstić information content (AvgIpc) is 2.12. The summed E-state index contributed by atoms with van der Waals surface area (Å²) in [5.74, 6) is -2.28. The number of hydrogen-bond donors (Lipinski definition) is 2. The van der Waals surface area contributed by atoms with E-state index in [0.29, 0.717) is 0 Å². The zero-order valence-corrected chi connectivity index (χ0v) is 8.31. The molecule has 2 N–H and O–H groups in total. The summed E-state index contributed by atoms with van der Waals surface area (Å²) >= 11 is 0. The highest BCUT2D eigenvalue weighted by Gasteiger charge is 2.43. The molecule has 0 aliphatic rings. The first-order valence-electron chi connectivity index (χ1n) is 4.12. The lowest BCUT2D eigenvalue weighted by Gasteiger charge is -2.19. The fraction of sp³-hybridized carbons (Fsp3) is 0.750. The van der Waals surface area contributed by atoms with Gasteiger partial charge in [0.2, 0.25) is 11.4 Å². The van der Waals surface area contributed by atoms with Crippen molar-refractivity contribution in [2.24, 2.45) is 0 Å². The number of carbonyl (C=O) groups is 2. The van der Waals surface area contributed by atoms with E-state index >= 15 is 0 Å². The molecule has 0 fully saturated rings. The van der Waals surface area contributed by atoms with Crippen molar-refractivity contribution in [3.05, 3.63) is 0 Å². The lowest BCUT2D eigenvalue weighted by molar-refractivity contribution is -0.280. The van der Waals surface area contributed by atoms with Crippen molar-refractivity contribution in [3.8, 4) is 0 Å². The van der Waals surface area contributed by atoms with Crippen LogP contribution in [0.3, 0.4) is 0 Å². The van der Waals surface area contributed by atoms with Gasteiger partial charge in [-0.15, -0.1) is 0 Å². The van der Waals surface area contributed by atoms with E-state index in [0.717, 1.165) is 13.8 Å². The summed E-state index contributed by atoms with van der Waals surface area (Å²) in [7, 11) is 0. The molecule has 0 aliphatic heterocycles. The third kappa shape index (κ3) is 3.06. The van der Waals surface area contributed by atoms with Crippen LogP contribution in [0.2, 0.25) is 0 Å². The highest BCUT2D eigenvalue weighted by Crippen LogP contribution is 2.10. The summed E-state index contributed by atoms with van der Waals surface area (Å²) in [5, 5.41) is 18.3. The van der Waals surface area contributed by atoms with Crippen molar-refractivity contribution < 1.29 is 29.6 Å². The lowest BCUT2D eigenvalue weighted by atomic mass is 9.98. The van der Waals surface area contributed by atoms with Gasteiger partial charge >= 0.3 is 5.97 Å². The lowest BCUT2D eigenvalue weighted by Crippen LogP contribution is -2.49. The Morgan fingerprint density at radius 3 is 2.36 bits per heavy atom. The predicted molar refractivity (Wildman–Crippen MR) is 45.0 cm³/mol. The van der Waals surface area contributed by atoms with Crippen molar-refractivity contribution in [1.82, 2.24) is 0 Å². The molecule has 2 atom stereocenters. The van der Waals surface area contributed by atoms with E-state index in [1.165, 1.54) is 0 Å². The normalized spacial score (nSPS) is 16.9. The van der Waals surface area contributed by atoms with E-state index in [1.54, 1.807) is 6.92 Å². The zero-order valence-electron chi connectivity index (χ0n) is 8.31. The van der Waals surface area contributed by atoms with Crippen molar-refractivity contribution in [3.63, 3.8) is 0 Å². The number of aliphatic hydroxyl groups is 2. The highest BCUT2D eigenvalue weighted by molar-refractivity contribution is 6.08. The van der Waals surface area contributed by atoms with E-state index < -0.39 is 23.5 Å². The van der Waals surface area contributed by atoms with Crippen LogP contribution < -0.4 is 0 Å². The molecule has 0 aromatic heterocycles. The maximum Gasteiger partial charge on any atom is 0.381 e. The van der Waals surface area contributed by atoms with Gasteiger partial charge in [0.1, 0.15) is 6.10 Å². The van der Waals surface area contributed by atoms with Crippen LogP contribution in [-0.4, -0.2) is 40.3 Å². The Balaban J connectivity index is 4.44. The molecule has 6 nitrogen and oxygen atoms in total. The van der Waals surface area contributed by atoms with Gasteiger partial charge in [0.25, 0.3) is 0 Å². The van der Waals surface area contributed by atoms with Crippen molar-refractivity contribution in [1.29, 1.82) is 0 Å².